The number of benzene rings is 2. The molecular weight excluding hydrogens is 262 g/mol. The van der Waals surface area contributed by atoms with Crippen molar-refractivity contribution in [3.05, 3.63) is 71.1 Å². The lowest BCUT2D eigenvalue weighted by Crippen LogP contribution is -2.13. The number of hydrogen-bond acceptors (Lipinski definition) is 2. The van der Waals surface area contributed by atoms with Crippen molar-refractivity contribution in [3.8, 4) is 0 Å². The first-order valence-corrected chi connectivity index (χ1v) is 7.99. The van der Waals surface area contributed by atoms with Gasteiger partial charge in [-0.25, -0.2) is 0 Å². The number of thiophene rings is 1. The van der Waals surface area contributed by atoms with Gasteiger partial charge < -0.3 is 5.73 Å². The first-order chi connectivity index (χ1) is 9.84. The SMILES string of the molecule is NC(c1cccc2ccsc12)C1CC1c1ccccc1. The van der Waals surface area contributed by atoms with Gasteiger partial charge in [0, 0.05) is 10.7 Å². The van der Waals surface area contributed by atoms with Gasteiger partial charge in [0.15, 0.2) is 0 Å². The molecule has 0 aliphatic heterocycles. The topological polar surface area (TPSA) is 26.0 Å². The Morgan fingerprint density at radius 1 is 1.00 bits per heavy atom. The molecule has 2 N–H and O–H groups in total. The smallest absolute Gasteiger partial charge is 0.0390 e. The van der Waals surface area contributed by atoms with E-state index in [4.69, 9.17) is 5.73 Å². The summed E-state index contributed by atoms with van der Waals surface area (Å²) in [6.07, 6.45) is 1.22. The molecule has 1 aliphatic carbocycles. The van der Waals surface area contributed by atoms with Crippen molar-refractivity contribution >= 4 is 21.4 Å². The number of nitrogens with two attached hydrogens (primary N) is 1. The minimum absolute atomic E-state index is 0.155. The van der Waals surface area contributed by atoms with Crippen molar-refractivity contribution in [2.75, 3.05) is 0 Å². The molecule has 1 saturated carbocycles. The van der Waals surface area contributed by atoms with Gasteiger partial charge in [0.2, 0.25) is 0 Å². The van der Waals surface area contributed by atoms with Gasteiger partial charge in [-0.15, -0.1) is 11.3 Å². The van der Waals surface area contributed by atoms with Gasteiger partial charge in [-0.1, -0.05) is 48.5 Å². The molecule has 20 heavy (non-hydrogen) atoms. The zero-order chi connectivity index (χ0) is 13.5. The Bertz CT molecular complexity index is 731. The van der Waals surface area contributed by atoms with E-state index in [1.54, 1.807) is 11.3 Å². The van der Waals surface area contributed by atoms with Crippen LogP contribution in [-0.4, -0.2) is 0 Å². The van der Waals surface area contributed by atoms with Gasteiger partial charge in [-0.2, -0.15) is 0 Å². The highest BCUT2D eigenvalue weighted by Crippen LogP contribution is 2.54. The summed E-state index contributed by atoms with van der Waals surface area (Å²) in [7, 11) is 0. The molecule has 1 nitrogen and oxygen atoms in total. The lowest BCUT2D eigenvalue weighted by atomic mass is 9.98. The van der Waals surface area contributed by atoms with Crippen LogP contribution in [0.3, 0.4) is 0 Å². The Morgan fingerprint density at radius 3 is 2.70 bits per heavy atom. The molecule has 3 atom stereocenters. The standard InChI is InChI=1S/C18H17NS/c19-17(14-8-4-7-13-9-10-20-18(13)14)16-11-15(16)12-5-2-1-3-6-12/h1-10,15-17H,11,19H2. The maximum absolute atomic E-state index is 6.56. The molecule has 1 heterocycles. The Hall–Kier alpha value is -1.64. The van der Waals surface area contributed by atoms with Gasteiger partial charge in [0.05, 0.1) is 0 Å². The fraction of sp³-hybridized carbons (Fsp3) is 0.222. The van der Waals surface area contributed by atoms with Crippen molar-refractivity contribution in [1.29, 1.82) is 0 Å². The first kappa shape index (κ1) is 12.1. The zero-order valence-corrected chi connectivity index (χ0v) is 12.0. The minimum atomic E-state index is 0.155. The van der Waals surface area contributed by atoms with Crippen LogP contribution in [0, 0.1) is 5.92 Å². The minimum Gasteiger partial charge on any atom is -0.324 e. The van der Waals surface area contributed by atoms with Crippen LogP contribution in [0.25, 0.3) is 10.1 Å². The van der Waals surface area contributed by atoms with E-state index < -0.39 is 0 Å². The zero-order valence-electron chi connectivity index (χ0n) is 11.2. The van der Waals surface area contributed by atoms with E-state index in [-0.39, 0.29) is 6.04 Å². The fourth-order valence-electron chi connectivity index (χ4n) is 3.20. The van der Waals surface area contributed by atoms with Gasteiger partial charge in [-0.05, 0) is 46.2 Å². The highest BCUT2D eigenvalue weighted by atomic mass is 32.1. The summed E-state index contributed by atoms with van der Waals surface area (Å²) in [6.45, 7) is 0. The number of rotatable bonds is 3. The second-order valence-corrected chi connectivity index (χ2v) is 6.54. The summed E-state index contributed by atoms with van der Waals surface area (Å²) in [5.41, 5.74) is 9.32. The van der Waals surface area contributed by atoms with Crippen LogP contribution in [0.4, 0.5) is 0 Å². The molecule has 0 amide bonds. The third kappa shape index (κ3) is 1.96. The van der Waals surface area contributed by atoms with E-state index in [1.807, 2.05) is 0 Å². The molecule has 1 aliphatic rings. The van der Waals surface area contributed by atoms with Crippen molar-refractivity contribution in [2.45, 2.75) is 18.4 Å². The lowest BCUT2D eigenvalue weighted by Gasteiger charge is -2.13. The highest BCUT2D eigenvalue weighted by molar-refractivity contribution is 7.17. The van der Waals surface area contributed by atoms with Crippen LogP contribution >= 0.6 is 11.3 Å². The van der Waals surface area contributed by atoms with Crippen LogP contribution < -0.4 is 5.73 Å². The molecule has 1 aromatic heterocycles. The molecule has 1 fully saturated rings. The first-order valence-electron chi connectivity index (χ1n) is 7.11. The second-order valence-electron chi connectivity index (χ2n) is 5.63. The summed E-state index contributed by atoms with van der Waals surface area (Å²) < 4.78 is 1.36. The summed E-state index contributed by atoms with van der Waals surface area (Å²) in [6, 6.07) is 19.6. The van der Waals surface area contributed by atoms with E-state index in [1.165, 1.54) is 27.6 Å². The monoisotopic (exact) mass is 279 g/mol. The molecule has 0 radical (unpaired) electrons. The van der Waals surface area contributed by atoms with E-state index in [0.29, 0.717) is 11.8 Å². The van der Waals surface area contributed by atoms with Gasteiger partial charge >= 0.3 is 0 Å². The molecule has 3 aromatic rings. The van der Waals surface area contributed by atoms with Crippen LogP contribution in [0.15, 0.2) is 60.0 Å². The molecule has 3 unspecified atom stereocenters. The Balaban J connectivity index is 1.63. The lowest BCUT2D eigenvalue weighted by molar-refractivity contribution is 0.621. The van der Waals surface area contributed by atoms with E-state index in [0.717, 1.165) is 0 Å². The molecule has 0 saturated heterocycles. The van der Waals surface area contributed by atoms with Crippen LogP contribution in [0.5, 0.6) is 0 Å². The van der Waals surface area contributed by atoms with Crippen molar-refractivity contribution in [1.82, 2.24) is 0 Å². The van der Waals surface area contributed by atoms with Gasteiger partial charge in [0.25, 0.3) is 0 Å². The fourth-order valence-corrected chi connectivity index (χ4v) is 4.17. The highest BCUT2D eigenvalue weighted by Gasteiger charge is 2.43. The van der Waals surface area contributed by atoms with Crippen molar-refractivity contribution in [3.63, 3.8) is 0 Å². The van der Waals surface area contributed by atoms with Gasteiger partial charge in [-0.3, -0.25) is 0 Å². The summed E-state index contributed by atoms with van der Waals surface area (Å²) in [5.74, 6) is 1.23. The average molecular weight is 279 g/mol. The predicted molar refractivity (Wildman–Crippen MR) is 86.0 cm³/mol. The molecule has 0 spiro atoms. The van der Waals surface area contributed by atoms with Crippen LogP contribution in [0.2, 0.25) is 0 Å². The van der Waals surface area contributed by atoms with Gasteiger partial charge in [0.1, 0.15) is 0 Å². The largest absolute Gasteiger partial charge is 0.324 e. The van der Waals surface area contributed by atoms with E-state index in [2.05, 4.69) is 60.0 Å². The molecule has 2 heteroatoms. The van der Waals surface area contributed by atoms with Crippen LogP contribution in [0.1, 0.15) is 29.5 Å². The number of fused-ring (bicyclic) bond motifs is 1. The third-order valence-corrected chi connectivity index (χ3v) is 5.38. The number of hydrogen-bond donors (Lipinski definition) is 1. The maximum Gasteiger partial charge on any atom is 0.0390 e. The van der Waals surface area contributed by atoms with Crippen molar-refractivity contribution < 1.29 is 0 Å². The van der Waals surface area contributed by atoms with E-state index in [9.17, 15) is 0 Å². The quantitative estimate of drug-likeness (QED) is 0.738. The predicted octanol–water partition coefficient (Wildman–Crippen LogP) is 4.70. The molecule has 0 bridgehead atoms. The third-order valence-electron chi connectivity index (χ3n) is 4.40. The molecule has 2 aromatic carbocycles. The van der Waals surface area contributed by atoms with Crippen LogP contribution in [-0.2, 0) is 0 Å². The Morgan fingerprint density at radius 2 is 1.85 bits per heavy atom. The molecular formula is C18H17NS. The molecule has 4 rings (SSSR count). The normalized spacial score (nSPS) is 22.9. The summed E-state index contributed by atoms with van der Waals surface area (Å²) >= 11 is 1.80. The Kier molecular flexibility index (Phi) is 2.86. The average Bonchev–Trinajstić information content (AvgIpc) is 3.16. The van der Waals surface area contributed by atoms with Crippen molar-refractivity contribution in [2.24, 2.45) is 11.7 Å². The van der Waals surface area contributed by atoms with E-state index >= 15 is 0 Å². The molecule has 100 valence electrons. The second kappa shape index (κ2) is 4.72. The Labute approximate surface area is 123 Å². The summed E-state index contributed by atoms with van der Waals surface area (Å²) in [4.78, 5) is 0. The summed E-state index contributed by atoms with van der Waals surface area (Å²) in [5, 5.41) is 3.47. The maximum atomic E-state index is 6.56.